The number of nitrogens with one attached hydrogen (secondary N) is 1. The number of amides is 1. The largest absolute Gasteiger partial charge is 0.454 e. The van der Waals surface area contributed by atoms with E-state index in [0.29, 0.717) is 6.42 Å². The first-order valence-electron chi connectivity index (χ1n) is 6.61. The summed E-state index contributed by atoms with van der Waals surface area (Å²) in [5.41, 5.74) is 2.10. The molecule has 1 amide bonds. The lowest BCUT2D eigenvalue weighted by atomic mass is 10.0. The molecule has 0 aromatic heterocycles. The van der Waals surface area contributed by atoms with Crippen LogP contribution in [0.3, 0.4) is 0 Å². The zero-order valence-electron chi connectivity index (χ0n) is 11.1. The highest BCUT2D eigenvalue weighted by Gasteiger charge is 2.20. The van der Waals surface area contributed by atoms with Crippen molar-refractivity contribution in [2.45, 2.75) is 13.3 Å². The van der Waals surface area contributed by atoms with Gasteiger partial charge >= 0.3 is 0 Å². The number of fused-ring (bicyclic) bond motifs is 1. The van der Waals surface area contributed by atoms with Gasteiger partial charge in [0.05, 0.1) is 6.42 Å². The second kappa shape index (κ2) is 5.09. The molecule has 0 bridgehead atoms. The number of piperazine rings is 1. The molecule has 5 nitrogen and oxygen atoms in total. The summed E-state index contributed by atoms with van der Waals surface area (Å²) in [5.74, 6) is 1.70. The Bertz CT molecular complexity index is 496. The number of carbonyl (C=O) groups excluding carboxylic acids is 1. The summed E-state index contributed by atoms with van der Waals surface area (Å²) in [4.78, 5) is 14.2. The molecule has 19 heavy (non-hydrogen) atoms. The van der Waals surface area contributed by atoms with Gasteiger partial charge in [-0.05, 0) is 30.2 Å². The number of hydrogen-bond acceptors (Lipinski definition) is 4. The van der Waals surface area contributed by atoms with Crippen LogP contribution in [0.15, 0.2) is 12.1 Å². The summed E-state index contributed by atoms with van der Waals surface area (Å²) in [6.45, 7) is 5.62. The molecule has 1 fully saturated rings. The summed E-state index contributed by atoms with van der Waals surface area (Å²) >= 11 is 0. The van der Waals surface area contributed by atoms with Crippen molar-refractivity contribution in [2.24, 2.45) is 0 Å². The van der Waals surface area contributed by atoms with Crippen molar-refractivity contribution in [3.8, 4) is 11.5 Å². The predicted octanol–water partition coefficient (Wildman–Crippen LogP) is 0.698. The molecule has 2 aliphatic heterocycles. The minimum Gasteiger partial charge on any atom is -0.454 e. The zero-order chi connectivity index (χ0) is 13.2. The van der Waals surface area contributed by atoms with E-state index in [1.165, 1.54) is 0 Å². The van der Waals surface area contributed by atoms with Crippen molar-refractivity contribution in [2.75, 3.05) is 33.0 Å². The summed E-state index contributed by atoms with van der Waals surface area (Å²) in [5, 5.41) is 3.25. The Morgan fingerprint density at radius 3 is 2.68 bits per heavy atom. The van der Waals surface area contributed by atoms with E-state index in [1.807, 2.05) is 24.0 Å². The van der Waals surface area contributed by atoms with Gasteiger partial charge in [-0.3, -0.25) is 4.79 Å². The van der Waals surface area contributed by atoms with E-state index < -0.39 is 0 Å². The number of rotatable bonds is 2. The van der Waals surface area contributed by atoms with Gasteiger partial charge in [-0.2, -0.15) is 0 Å². The van der Waals surface area contributed by atoms with Crippen molar-refractivity contribution in [1.29, 1.82) is 0 Å². The van der Waals surface area contributed by atoms with Crippen molar-refractivity contribution in [3.05, 3.63) is 23.3 Å². The Kier molecular flexibility index (Phi) is 3.29. The monoisotopic (exact) mass is 262 g/mol. The average molecular weight is 262 g/mol. The number of aryl methyl sites for hydroxylation is 1. The highest BCUT2D eigenvalue weighted by molar-refractivity contribution is 5.79. The van der Waals surface area contributed by atoms with Crippen LogP contribution in [0.4, 0.5) is 0 Å². The number of nitrogens with zero attached hydrogens (tertiary/aromatic N) is 1. The Morgan fingerprint density at radius 1 is 1.26 bits per heavy atom. The van der Waals surface area contributed by atoms with Gasteiger partial charge in [0.2, 0.25) is 12.7 Å². The van der Waals surface area contributed by atoms with Crippen LogP contribution in [-0.2, 0) is 11.2 Å². The smallest absolute Gasteiger partial charge is 0.231 e. The highest BCUT2D eigenvalue weighted by atomic mass is 16.7. The Morgan fingerprint density at radius 2 is 1.95 bits per heavy atom. The van der Waals surface area contributed by atoms with Crippen LogP contribution >= 0.6 is 0 Å². The number of carbonyl (C=O) groups is 1. The third kappa shape index (κ3) is 2.51. The first-order chi connectivity index (χ1) is 9.24. The van der Waals surface area contributed by atoms with E-state index in [0.717, 1.165) is 48.8 Å². The third-order valence-electron chi connectivity index (χ3n) is 3.64. The van der Waals surface area contributed by atoms with Gasteiger partial charge < -0.3 is 19.7 Å². The van der Waals surface area contributed by atoms with Gasteiger partial charge in [0.25, 0.3) is 0 Å². The van der Waals surface area contributed by atoms with E-state index in [4.69, 9.17) is 9.47 Å². The molecular formula is C14H18N2O3. The quantitative estimate of drug-likeness (QED) is 0.852. The summed E-state index contributed by atoms with van der Waals surface area (Å²) in [6, 6.07) is 3.88. The van der Waals surface area contributed by atoms with E-state index in [2.05, 4.69) is 5.32 Å². The van der Waals surface area contributed by atoms with Crippen LogP contribution in [0.2, 0.25) is 0 Å². The van der Waals surface area contributed by atoms with Crippen LogP contribution in [0.5, 0.6) is 11.5 Å². The average Bonchev–Trinajstić information content (AvgIpc) is 2.87. The lowest BCUT2D eigenvalue weighted by Crippen LogP contribution is -2.47. The van der Waals surface area contributed by atoms with E-state index in [-0.39, 0.29) is 12.7 Å². The normalized spacial score (nSPS) is 17.6. The van der Waals surface area contributed by atoms with Gasteiger partial charge in [-0.15, -0.1) is 0 Å². The summed E-state index contributed by atoms with van der Waals surface area (Å²) < 4.78 is 10.7. The molecule has 102 valence electrons. The second-order valence-corrected chi connectivity index (χ2v) is 4.94. The Hall–Kier alpha value is -1.75. The number of ether oxygens (including phenoxy) is 2. The molecular weight excluding hydrogens is 244 g/mol. The number of benzene rings is 1. The molecule has 0 saturated carbocycles. The summed E-state index contributed by atoms with van der Waals surface area (Å²) in [7, 11) is 0. The van der Waals surface area contributed by atoms with Gasteiger partial charge in [0, 0.05) is 26.2 Å². The Labute approximate surface area is 112 Å². The minimum absolute atomic E-state index is 0.184. The Balaban J connectivity index is 1.74. The van der Waals surface area contributed by atoms with Crippen molar-refractivity contribution < 1.29 is 14.3 Å². The first kappa shape index (κ1) is 12.3. The van der Waals surface area contributed by atoms with E-state index in [9.17, 15) is 4.79 Å². The van der Waals surface area contributed by atoms with Crippen LogP contribution in [0.1, 0.15) is 11.1 Å². The maximum absolute atomic E-state index is 12.2. The van der Waals surface area contributed by atoms with Crippen LogP contribution < -0.4 is 14.8 Å². The predicted molar refractivity (Wildman–Crippen MR) is 70.5 cm³/mol. The first-order valence-corrected chi connectivity index (χ1v) is 6.61. The van der Waals surface area contributed by atoms with Crippen LogP contribution in [-0.4, -0.2) is 43.8 Å². The molecule has 2 aliphatic rings. The van der Waals surface area contributed by atoms with E-state index >= 15 is 0 Å². The molecule has 0 unspecified atom stereocenters. The molecule has 1 N–H and O–H groups in total. The third-order valence-corrected chi connectivity index (χ3v) is 3.64. The van der Waals surface area contributed by atoms with Gasteiger partial charge in [0.1, 0.15) is 0 Å². The molecule has 0 spiro atoms. The molecule has 0 aliphatic carbocycles. The lowest BCUT2D eigenvalue weighted by Gasteiger charge is -2.27. The molecule has 1 aromatic carbocycles. The van der Waals surface area contributed by atoms with Crippen molar-refractivity contribution in [3.63, 3.8) is 0 Å². The van der Waals surface area contributed by atoms with Gasteiger partial charge in [-0.1, -0.05) is 0 Å². The maximum atomic E-state index is 12.2. The maximum Gasteiger partial charge on any atom is 0.231 e. The molecule has 1 saturated heterocycles. The molecule has 0 atom stereocenters. The van der Waals surface area contributed by atoms with Gasteiger partial charge in [-0.25, -0.2) is 0 Å². The highest BCUT2D eigenvalue weighted by Crippen LogP contribution is 2.34. The standard InChI is InChI=1S/C14H18N2O3/c1-10-6-12-13(19-9-18-12)7-11(10)8-14(17)16-4-2-15-3-5-16/h6-7,15H,2-5,8-9H2,1H3. The summed E-state index contributed by atoms with van der Waals surface area (Å²) in [6.07, 6.45) is 0.433. The fourth-order valence-corrected chi connectivity index (χ4v) is 2.47. The molecule has 5 heteroatoms. The van der Waals surface area contributed by atoms with Crippen molar-refractivity contribution in [1.82, 2.24) is 10.2 Å². The second-order valence-electron chi connectivity index (χ2n) is 4.94. The SMILES string of the molecule is Cc1cc2c(cc1CC(=O)N1CCNCC1)OCO2. The number of hydrogen-bond donors (Lipinski definition) is 1. The fraction of sp³-hybridized carbons (Fsp3) is 0.500. The van der Waals surface area contributed by atoms with E-state index in [1.54, 1.807) is 0 Å². The van der Waals surface area contributed by atoms with Crippen LogP contribution in [0.25, 0.3) is 0 Å². The zero-order valence-corrected chi connectivity index (χ0v) is 11.1. The fourth-order valence-electron chi connectivity index (χ4n) is 2.47. The molecule has 2 heterocycles. The molecule has 3 rings (SSSR count). The lowest BCUT2D eigenvalue weighted by molar-refractivity contribution is -0.131. The molecule has 1 aromatic rings. The topological polar surface area (TPSA) is 50.8 Å². The van der Waals surface area contributed by atoms with Gasteiger partial charge in [0.15, 0.2) is 11.5 Å². The van der Waals surface area contributed by atoms with Crippen molar-refractivity contribution >= 4 is 5.91 Å². The van der Waals surface area contributed by atoms with Crippen LogP contribution in [0, 0.1) is 6.92 Å². The minimum atomic E-state index is 0.184. The molecule has 0 radical (unpaired) electrons.